The molecule has 2 atom stereocenters. The Morgan fingerprint density at radius 3 is 1.95 bits per heavy atom. The SMILES string of the molecule is CC1CCNC(c2cc(C(F)(F)F)cc(C(F)(F)F)c2)S1. The number of alkyl halides is 6. The molecule has 118 valence electrons. The van der Waals surface area contributed by atoms with Crippen molar-refractivity contribution in [3.05, 3.63) is 34.9 Å². The van der Waals surface area contributed by atoms with Crippen LogP contribution in [0.3, 0.4) is 0 Å². The Balaban J connectivity index is 2.45. The van der Waals surface area contributed by atoms with E-state index in [4.69, 9.17) is 0 Å². The fourth-order valence-corrected chi connectivity index (χ4v) is 3.32. The van der Waals surface area contributed by atoms with Crippen LogP contribution in [0.15, 0.2) is 18.2 Å². The monoisotopic (exact) mass is 329 g/mol. The normalized spacial score (nSPS) is 24.1. The predicted molar refractivity (Wildman–Crippen MR) is 68.9 cm³/mol. The molecule has 1 aliphatic rings. The van der Waals surface area contributed by atoms with Gasteiger partial charge in [0.1, 0.15) is 0 Å². The summed E-state index contributed by atoms with van der Waals surface area (Å²) >= 11 is 1.33. The van der Waals surface area contributed by atoms with Gasteiger partial charge in [0.2, 0.25) is 0 Å². The van der Waals surface area contributed by atoms with Crippen LogP contribution in [0.4, 0.5) is 26.3 Å². The van der Waals surface area contributed by atoms with Crippen LogP contribution in [0, 0.1) is 0 Å². The van der Waals surface area contributed by atoms with Gasteiger partial charge in [0.05, 0.1) is 16.5 Å². The third-order valence-electron chi connectivity index (χ3n) is 3.16. The molecule has 1 nitrogen and oxygen atoms in total. The summed E-state index contributed by atoms with van der Waals surface area (Å²) in [7, 11) is 0. The van der Waals surface area contributed by atoms with E-state index in [0.29, 0.717) is 6.54 Å². The summed E-state index contributed by atoms with van der Waals surface area (Å²) in [6.07, 6.45) is -8.78. The Morgan fingerprint density at radius 1 is 1.00 bits per heavy atom. The van der Waals surface area contributed by atoms with Crippen molar-refractivity contribution >= 4 is 11.8 Å². The first-order valence-electron chi connectivity index (χ1n) is 6.25. The number of thioether (sulfide) groups is 1. The zero-order valence-electron chi connectivity index (χ0n) is 11.0. The summed E-state index contributed by atoms with van der Waals surface area (Å²) in [4.78, 5) is 0. The van der Waals surface area contributed by atoms with Crippen LogP contribution in [-0.4, -0.2) is 11.8 Å². The lowest BCUT2D eigenvalue weighted by Gasteiger charge is -2.29. The van der Waals surface area contributed by atoms with Crippen molar-refractivity contribution in [2.24, 2.45) is 0 Å². The van der Waals surface area contributed by atoms with Crippen LogP contribution in [-0.2, 0) is 12.4 Å². The average molecular weight is 329 g/mol. The predicted octanol–water partition coefficient (Wildman–Crippen LogP) is 4.84. The highest BCUT2D eigenvalue weighted by Gasteiger charge is 2.37. The molecule has 2 rings (SSSR count). The van der Waals surface area contributed by atoms with Gasteiger partial charge in [0.15, 0.2) is 0 Å². The lowest BCUT2D eigenvalue weighted by Crippen LogP contribution is -2.29. The summed E-state index contributed by atoms with van der Waals surface area (Å²) in [5.74, 6) is 0. The van der Waals surface area contributed by atoms with E-state index in [2.05, 4.69) is 5.32 Å². The Morgan fingerprint density at radius 2 is 1.52 bits per heavy atom. The maximum absolute atomic E-state index is 12.8. The van der Waals surface area contributed by atoms with Gasteiger partial charge in [-0.3, -0.25) is 0 Å². The van der Waals surface area contributed by atoms with Crippen molar-refractivity contribution < 1.29 is 26.3 Å². The van der Waals surface area contributed by atoms with E-state index in [9.17, 15) is 26.3 Å². The minimum atomic E-state index is -4.80. The summed E-state index contributed by atoms with van der Waals surface area (Å²) < 4.78 is 76.7. The second-order valence-corrected chi connectivity index (χ2v) is 6.46. The number of hydrogen-bond donors (Lipinski definition) is 1. The van der Waals surface area contributed by atoms with Crippen LogP contribution in [0.2, 0.25) is 0 Å². The summed E-state index contributed by atoms with van der Waals surface area (Å²) in [6.45, 7) is 2.47. The molecule has 1 saturated heterocycles. The first-order chi connectivity index (χ1) is 9.57. The molecule has 21 heavy (non-hydrogen) atoms. The zero-order valence-corrected chi connectivity index (χ0v) is 11.8. The second-order valence-electron chi connectivity index (χ2n) is 4.91. The zero-order chi connectivity index (χ0) is 15.8. The van der Waals surface area contributed by atoms with Gasteiger partial charge in [-0.25, -0.2) is 0 Å². The molecule has 1 heterocycles. The van der Waals surface area contributed by atoms with Gasteiger partial charge >= 0.3 is 12.4 Å². The van der Waals surface area contributed by atoms with Gasteiger partial charge < -0.3 is 5.32 Å². The molecule has 1 aromatic rings. The first kappa shape index (κ1) is 16.5. The molecule has 0 radical (unpaired) electrons. The molecular formula is C13H13F6NS. The largest absolute Gasteiger partial charge is 0.416 e. The van der Waals surface area contributed by atoms with Gasteiger partial charge in [-0.1, -0.05) is 6.92 Å². The Bertz CT molecular complexity index is 478. The van der Waals surface area contributed by atoms with Crippen molar-refractivity contribution in [3.8, 4) is 0 Å². The van der Waals surface area contributed by atoms with E-state index in [0.717, 1.165) is 18.6 Å². The molecule has 1 N–H and O–H groups in total. The van der Waals surface area contributed by atoms with Gasteiger partial charge in [-0.2, -0.15) is 26.3 Å². The number of halogens is 6. The summed E-state index contributed by atoms with van der Waals surface area (Å²) in [6, 6.07) is 1.73. The fourth-order valence-electron chi connectivity index (χ4n) is 2.09. The Hall–Kier alpha value is -0.890. The van der Waals surface area contributed by atoms with Crippen molar-refractivity contribution in [2.45, 2.75) is 36.3 Å². The molecule has 1 aliphatic heterocycles. The molecule has 0 aromatic heterocycles. The molecule has 0 aliphatic carbocycles. The molecule has 8 heteroatoms. The van der Waals surface area contributed by atoms with E-state index >= 15 is 0 Å². The van der Waals surface area contributed by atoms with Crippen LogP contribution in [0.25, 0.3) is 0 Å². The van der Waals surface area contributed by atoms with Crippen LogP contribution in [0.1, 0.15) is 35.4 Å². The highest BCUT2D eigenvalue weighted by molar-refractivity contribution is 8.00. The number of nitrogens with one attached hydrogen (secondary N) is 1. The van der Waals surface area contributed by atoms with Crippen LogP contribution >= 0.6 is 11.8 Å². The van der Waals surface area contributed by atoms with Crippen molar-refractivity contribution in [3.63, 3.8) is 0 Å². The quantitative estimate of drug-likeness (QED) is 0.740. The maximum Gasteiger partial charge on any atom is 0.416 e. The van der Waals surface area contributed by atoms with E-state index in [1.165, 1.54) is 11.8 Å². The molecule has 2 unspecified atom stereocenters. The molecule has 0 amide bonds. The fraction of sp³-hybridized carbons (Fsp3) is 0.538. The highest BCUT2D eigenvalue weighted by atomic mass is 32.2. The molecule has 0 saturated carbocycles. The topological polar surface area (TPSA) is 12.0 Å². The highest BCUT2D eigenvalue weighted by Crippen LogP contribution is 2.41. The van der Waals surface area contributed by atoms with E-state index in [-0.39, 0.29) is 16.9 Å². The third-order valence-corrected chi connectivity index (χ3v) is 4.57. The smallest absolute Gasteiger partial charge is 0.302 e. The van der Waals surface area contributed by atoms with Gasteiger partial charge in [-0.05, 0) is 36.7 Å². The summed E-state index contributed by atoms with van der Waals surface area (Å²) in [5.41, 5.74) is -2.53. The Kier molecular flexibility index (Phi) is 4.49. The third kappa shape index (κ3) is 4.06. The second kappa shape index (κ2) is 5.72. The lowest BCUT2D eigenvalue weighted by molar-refractivity contribution is -0.143. The Labute approximate surface area is 122 Å². The first-order valence-corrected chi connectivity index (χ1v) is 7.20. The van der Waals surface area contributed by atoms with E-state index in [1.807, 2.05) is 6.92 Å². The molecule has 0 spiro atoms. The van der Waals surface area contributed by atoms with Crippen LogP contribution in [0.5, 0.6) is 0 Å². The summed E-state index contributed by atoms with van der Waals surface area (Å²) in [5, 5.41) is 2.57. The molecule has 1 fully saturated rings. The van der Waals surface area contributed by atoms with Gasteiger partial charge in [0.25, 0.3) is 0 Å². The van der Waals surface area contributed by atoms with Crippen LogP contribution < -0.4 is 5.32 Å². The maximum atomic E-state index is 12.8. The van der Waals surface area contributed by atoms with Crippen molar-refractivity contribution in [1.29, 1.82) is 0 Å². The van der Waals surface area contributed by atoms with Gasteiger partial charge in [0, 0.05) is 5.25 Å². The number of benzene rings is 1. The van der Waals surface area contributed by atoms with Gasteiger partial charge in [-0.15, -0.1) is 11.8 Å². The van der Waals surface area contributed by atoms with E-state index in [1.54, 1.807) is 0 Å². The molecule has 0 bridgehead atoms. The lowest BCUT2D eigenvalue weighted by atomic mass is 10.0. The van der Waals surface area contributed by atoms with E-state index < -0.39 is 28.9 Å². The van der Waals surface area contributed by atoms with Crippen molar-refractivity contribution in [2.75, 3.05) is 6.54 Å². The number of rotatable bonds is 1. The number of hydrogen-bond acceptors (Lipinski definition) is 2. The average Bonchev–Trinajstić information content (AvgIpc) is 2.36. The van der Waals surface area contributed by atoms with Crippen molar-refractivity contribution in [1.82, 2.24) is 5.32 Å². The molecular weight excluding hydrogens is 316 g/mol. The standard InChI is InChI=1S/C13H13F6NS/c1-7-2-3-20-11(21-7)8-4-9(12(14,15)16)6-10(5-8)13(17,18)19/h4-7,11,20H,2-3H2,1H3. The minimum absolute atomic E-state index is 0.00806. The minimum Gasteiger partial charge on any atom is -0.302 e. The molecule has 1 aromatic carbocycles.